The van der Waals surface area contributed by atoms with Crippen LogP contribution in [0.1, 0.15) is 30.1 Å². The van der Waals surface area contributed by atoms with Crippen LogP contribution in [-0.4, -0.2) is 42.9 Å². The predicted octanol–water partition coefficient (Wildman–Crippen LogP) is 2.83. The Balaban J connectivity index is 1.79. The number of carbonyl (C=O) groups is 1. The molecule has 0 aliphatic carbocycles. The van der Waals surface area contributed by atoms with Crippen LogP contribution >= 0.6 is 11.6 Å². The summed E-state index contributed by atoms with van der Waals surface area (Å²) in [7, 11) is 0. The molecule has 2 fully saturated rings. The monoisotopic (exact) mass is 278 g/mol. The molecule has 0 amide bonds. The van der Waals surface area contributed by atoms with Crippen LogP contribution in [0.3, 0.4) is 0 Å². The van der Waals surface area contributed by atoms with Gasteiger partial charge in [0.1, 0.15) is 0 Å². The number of hydrogen-bond acceptors (Lipinski definition) is 3. The van der Waals surface area contributed by atoms with E-state index in [9.17, 15) is 4.79 Å². The maximum Gasteiger partial charge on any atom is 0.161 e. The number of carbonyl (C=O) groups excluding carboxylic acids is 1. The predicted molar refractivity (Wildman–Crippen MR) is 78.3 cm³/mol. The largest absolute Gasteiger partial charge is 0.369 e. The summed E-state index contributed by atoms with van der Waals surface area (Å²) in [6.45, 7) is 6.07. The number of fused-ring (bicyclic) bond motifs is 1. The van der Waals surface area contributed by atoms with Crippen molar-refractivity contribution in [3.8, 4) is 0 Å². The maximum atomic E-state index is 11.4. The molecule has 0 N–H and O–H groups in total. The summed E-state index contributed by atoms with van der Waals surface area (Å²) in [6.07, 6.45) is 2.62. The quantitative estimate of drug-likeness (QED) is 0.777. The highest BCUT2D eigenvalue weighted by molar-refractivity contribution is 6.34. The zero-order valence-corrected chi connectivity index (χ0v) is 12.0. The first kappa shape index (κ1) is 12.9. The van der Waals surface area contributed by atoms with Crippen molar-refractivity contribution in [1.29, 1.82) is 0 Å². The van der Waals surface area contributed by atoms with E-state index in [2.05, 4.69) is 9.80 Å². The van der Waals surface area contributed by atoms with E-state index in [-0.39, 0.29) is 5.78 Å². The molecule has 0 aromatic heterocycles. The molecular weight excluding hydrogens is 260 g/mol. The number of ketones is 1. The standard InChI is InChI=1S/C15H19ClN2O/c1-11(19)14-5-4-12(9-15(14)16)18-8-7-17-6-2-3-13(17)10-18/h4-5,9,13H,2-3,6-8,10H2,1H3. The molecule has 0 saturated carbocycles. The normalized spacial score (nSPS) is 23.5. The van der Waals surface area contributed by atoms with Crippen LogP contribution in [0.5, 0.6) is 0 Å². The van der Waals surface area contributed by atoms with Gasteiger partial charge in [0.05, 0.1) is 5.02 Å². The van der Waals surface area contributed by atoms with Crippen molar-refractivity contribution in [1.82, 2.24) is 4.90 Å². The summed E-state index contributed by atoms with van der Waals surface area (Å²) in [5.74, 6) is 0.0252. The smallest absolute Gasteiger partial charge is 0.161 e. The lowest BCUT2D eigenvalue weighted by Gasteiger charge is -2.39. The lowest BCUT2D eigenvalue weighted by Crippen LogP contribution is -2.50. The molecule has 3 rings (SSSR count). The van der Waals surface area contributed by atoms with E-state index < -0.39 is 0 Å². The Morgan fingerprint density at radius 3 is 2.89 bits per heavy atom. The van der Waals surface area contributed by atoms with Gasteiger partial charge < -0.3 is 4.90 Å². The fourth-order valence-corrected chi connectivity index (χ4v) is 3.52. The number of halogens is 1. The van der Waals surface area contributed by atoms with Gasteiger partial charge in [-0.05, 0) is 44.5 Å². The Morgan fingerprint density at radius 1 is 1.32 bits per heavy atom. The van der Waals surface area contributed by atoms with Crippen molar-refractivity contribution < 1.29 is 4.79 Å². The highest BCUT2D eigenvalue weighted by Crippen LogP contribution is 2.28. The average molecular weight is 279 g/mol. The number of hydrogen-bond donors (Lipinski definition) is 0. The second-order valence-corrected chi connectivity index (χ2v) is 5.91. The fraction of sp³-hybridized carbons (Fsp3) is 0.533. The van der Waals surface area contributed by atoms with Crippen molar-refractivity contribution in [2.45, 2.75) is 25.8 Å². The minimum Gasteiger partial charge on any atom is -0.369 e. The molecule has 1 unspecified atom stereocenters. The van der Waals surface area contributed by atoms with Crippen LogP contribution in [-0.2, 0) is 0 Å². The minimum atomic E-state index is 0.0252. The molecule has 2 aliphatic heterocycles. The molecular formula is C15H19ClN2O. The van der Waals surface area contributed by atoms with E-state index in [4.69, 9.17) is 11.6 Å². The molecule has 0 radical (unpaired) electrons. The maximum absolute atomic E-state index is 11.4. The summed E-state index contributed by atoms with van der Waals surface area (Å²) in [5, 5.41) is 0.568. The Hall–Kier alpha value is -1.06. The third kappa shape index (κ3) is 2.49. The van der Waals surface area contributed by atoms with Gasteiger partial charge in [-0.25, -0.2) is 0 Å². The molecule has 1 aromatic rings. The zero-order valence-electron chi connectivity index (χ0n) is 11.2. The Morgan fingerprint density at radius 2 is 2.16 bits per heavy atom. The number of rotatable bonds is 2. The van der Waals surface area contributed by atoms with Crippen LogP contribution in [0.4, 0.5) is 5.69 Å². The van der Waals surface area contributed by atoms with Crippen molar-refractivity contribution in [3.05, 3.63) is 28.8 Å². The van der Waals surface area contributed by atoms with Gasteiger partial charge in [0.15, 0.2) is 5.78 Å². The number of piperazine rings is 1. The van der Waals surface area contributed by atoms with Crippen LogP contribution in [0.25, 0.3) is 0 Å². The van der Waals surface area contributed by atoms with Gasteiger partial charge in [0.25, 0.3) is 0 Å². The average Bonchev–Trinajstić information content (AvgIpc) is 2.85. The van der Waals surface area contributed by atoms with E-state index in [0.29, 0.717) is 16.6 Å². The van der Waals surface area contributed by atoms with E-state index >= 15 is 0 Å². The van der Waals surface area contributed by atoms with Gasteiger partial charge in [-0.1, -0.05) is 11.6 Å². The first-order valence-corrected chi connectivity index (χ1v) is 7.32. The molecule has 1 aromatic carbocycles. The number of nitrogens with zero attached hydrogens (tertiary/aromatic N) is 2. The lowest BCUT2D eigenvalue weighted by atomic mass is 10.1. The van der Waals surface area contributed by atoms with E-state index in [0.717, 1.165) is 25.3 Å². The summed E-state index contributed by atoms with van der Waals surface area (Å²) < 4.78 is 0. The van der Waals surface area contributed by atoms with E-state index in [1.54, 1.807) is 6.92 Å². The SMILES string of the molecule is CC(=O)c1ccc(N2CCN3CCCC3C2)cc1Cl. The summed E-state index contributed by atoms with van der Waals surface area (Å²) in [5.41, 5.74) is 1.76. The third-order valence-electron chi connectivity index (χ3n) is 4.28. The highest BCUT2D eigenvalue weighted by atomic mass is 35.5. The molecule has 2 heterocycles. The van der Waals surface area contributed by atoms with Gasteiger partial charge in [0, 0.05) is 36.9 Å². The van der Waals surface area contributed by atoms with Crippen LogP contribution < -0.4 is 4.90 Å². The molecule has 1 atom stereocenters. The van der Waals surface area contributed by atoms with E-state index in [1.807, 2.05) is 18.2 Å². The van der Waals surface area contributed by atoms with E-state index in [1.165, 1.54) is 19.4 Å². The molecule has 2 saturated heterocycles. The second kappa shape index (κ2) is 5.14. The zero-order chi connectivity index (χ0) is 13.4. The van der Waals surface area contributed by atoms with Crippen molar-refractivity contribution >= 4 is 23.1 Å². The van der Waals surface area contributed by atoms with Gasteiger partial charge in [0.2, 0.25) is 0 Å². The number of anilines is 1. The Labute approximate surface area is 119 Å². The number of benzene rings is 1. The Kier molecular flexibility index (Phi) is 3.50. The second-order valence-electron chi connectivity index (χ2n) is 5.50. The lowest BCUT2D eigenvalue weighted by molar-refractivity contribution is 0.101. The minimum absolute atomic E-state index is 0.0252. The van der Waals surface area contributed by atoms with Crippen molar-refractivity contribution in [2.24, 2.45) is 0 Å². The molecule has 2 aliphatic rings. The van der Waals surface area contributed by atoms with Crippen LogP contribution in [0.2, 0.25) is 5.02 Å². The molecule has 0 bridgehead atoms. The first-order chi connectivity index (χ1) is 9.15. The fourth-order valence-electron chi connectivity index (χ4n) is 3.21. The van der Waals surface area contributed by atoms with Crippen LogP contribution in [0, 0.1) is 0 Å². The van der Waals surface area contributed by atoms with Crippen molar-refractivity contribution in [3.63, 3.8) is 0 Å². The van der Waals surface area contributed by atoms with Gasteiger partial charge in [-0.3, -0.25) is 9.69 Å². The number of Topliss-reactive ketones (excluding diaryl/α,β-unsaturated/α-hetero) is 1. The molecule has 3 nitrogen and oxygen atoms in total. The topological polar surface area (TPSA) is 23.6 Å². The van der Waals surface area contributed by atoms with Gasteiger partial charge >= 0.3 is 0 Å². The Bertz CT molecular complexity index is 503. The first-order valence-electron chi connectivity index (χ1n) is 6.94. The molecule has 102 valence electrons. The summed E-state index contributed by atoms with van der Waals surface area (Å²) >= 11 is 6.20. The van der Waals surface area contributed by atoms with Crippen LogP contribution in [0.15, 0.2) is 18.2 Å². The summed E-state index contributed by atoms with van der Waals surface area (Å²) in [4.78, 5) is 16.4. The third-order valence-corrected chi connectivity index (χ3v) is 4.60. The summed E-state index contributed by atoms with van der Waals surface area (Å²) in [6, 6.07) is 6.50. The van der Waals surface area contributed by atoms with Crippen molar-refractivity contribution in [2.75, 3.05) is 31.1 Å². The molecule has 4 heteroatoms. The highest BCUT2D eigenvalue weighted by Gasteiger charge is 2.30. The molecule has 0 spiro atoms. The van der Waals surface area contributed by atoms with Gasteiger partial charge in [-0.2, -0.15) is 0 Å². The molecule has 19 heavy (non-hydrogen) atoms. The van der Waals surface area contributed by atoms with Gasteiger partial charge in [-0.15, -0.1) is 0 Å².